The number of carbonyl (C=O) groups is 11. The number of nitrogens with zero attached hydrogens (tertiary/aromatic N) is 8. The van der Waals surface area contributed by atoms with Crippen LogP contribution >= 0.6 is 0 Å². The van der Waals surface area contributed by atoms with Crippen molar-refractivity contribution < 1.29 is 67.3 Å². The van der Waals surface area contributed by atoms with E-state index in [9.17, 15) is 29.1 Å². The highest BCUT2D eigenvalue weighted by atomic mass is 16.5. The lowest BCUT2D eigenvalue weighted by Crippen LogP contribution is -2.64. The van der Waals surface area contributed by atoms with Gasteiger partial charge in [-0.25, -0.2) is 0 Å². The lowest BCUT2D eigenvalue weighted by molar-refractivity contribution is -0.157. The Balaban J connectivity index is 3.04. The van der Waals surface area contributed by atoms with E-state index in [2.05, 4.69) is 40.0 Å². The van der Waals surface area contributed by atoms with Crippen LogP contribution in [0.1, 0.15) is 164 Å². The molecule has 0 bridgehead atoms. The van der Waals surface area contributed by atoms with Gasteiger partial charge in [0.1, 0.15) is 66.5 Å². The minimum Gasteiger partial charge on any atom is -0.390 e. The molecule has 0 aromatic heterocycles. The summed E-state index contributed by atoms with van der Waals surface area (Å²) in [6.07, 6.45) is 2.48. The zero-order valence-electron chi connectivity index (χ0n) is 63.2. The third-order valence-corrected chi connectivity index (χ3v) is 18.9. The molecule has 11 amide bonds. The van der Waals surface area contributed by atoms with Crippen LogP contribution in [0.15, 0.2) is 12.2 Å². The number of nitrogens with one attached hydrogen (secondary N) is 4. The Bertz CT molecular complexity index is 2640. The van der Waals surface area contributed by atoms with Gasteiger partial charge in [-0.1, -0.05) is 102 Å². The average molecular weight is 1360 g/mol. The smallest absolute Gasteiger partial charge is 0.246 e. The van der Waals surface area contributed by atoms with E-state index in [1.165, 1.54) is 94.6 Å². The summed E-state index contributed by atoms with van der Waals surface area (Å²) in [6.45, 7) is 35.5. The quantitative estimate of drug-likeness (QED) is 0.116. The molecule has 0 aromatic carbocycles. The lowest BCUT2D eigenvalue weighted by atomic mass is 9.91. The van der Waals surface area contributed by atoms with Gasteiger partial charge in [-0.05, 0) is 109 Å². The second-order valence-electron chi connectivity index (χ2n) is 29.4. The number of ether oxygens (including phenoxy) is 2. The molecule has 15 atom stereocenters. The van der Waals surface area contributed by atoms with Crippen molar-refractivity contribution in [2.45, 2.75) is 248 Å². The van der Waals surface area contributed by atoms with Crippen LogP contribution in [0.2, 0.25) is 0 Å². The van der Waals surface area contributed by atoms with Crippen LogP contribution in [0.4, 0.5) is 0 Å². The standard InChI is InChI=1S/C70H126N12O14/c1-27-29-30-45(15)59(83)58-63(87)73-51(28-2)66(90)75(20)49(19)65(89)80(25)57(46(16)37-95-38-50-36-82(44(13)14)31-32-96-50)62(86)74-55(42(9)10)69(93)76(21)52(33-39(3)4)61(85)71-47(17)60(84)72-48(18)64(88)77(22)53(34-40(5)6)67(91)78(23)54(35-41(7)8)68(92)79(24)56(43(11)12)70(94)81(58)26/h27,29,39-59,83H,28,30-38H2,1-26H3,(H,71,85)(H,72,84)(H,73,87)(H,74,86)/b29-27+/t45-,46-,47+,48-,49-,50?,51+,52+,53+,54+,55+,56+,57+,58+,59?/m1/s1. The normalized spacial score (nSPS) is 28.3. The molecular formula is C70H126N12O14. The molecule has 0 aliphatic carbocycles. The molecule has 0 radical (unpaired) electrons. The van der Waals surface area contributed by atoms with Crippen molar-refractivity contribution in [3.8, 4) is 0 Å². The molecule has 2 heterocycles. The van der Waals surface area contributed by atoms with Crippen molar-refractivity contribution in [3.05, 3.63) is 12.2 Å². The first-order chi connectivity index (χ1) is 44.5. The van der Waals surface area contributed by atoms with Crippen LogP contribution in [0.25, 0.3) is 0 Å². The molecule has 2 aliphatic rings. The first kappa shape index (κ1) is 85.8. The molecular weight excluding hydrogens is 1230 g/mol. The summed E-state index contributed by atoms with van der Waals surface area (Å²) in [5.41, 5.74) is 0. The van der Waals surface area contributed by atoms with Gasteiger partial charge in [0.25, 0.3) is 0 Å². The van der Waals surface area contributed by atoms with Crippen LogP contribution in [-0.4, -0.2) is 276 Å². The average Bonchev–Trinajstić information content (AvgIpc) is 0.802. The van der Waals surface area contributed by atoms with Crippen LogP contribution < -0.4 is 21.3 Å². The minimum absolute atomic E-state index is 0.0115. The van der Waals surface area contributed by atoms with Gasteiger partial charge in [-0.3, -0.25) is 57.6 Å². The number of carbonyl (C=O) groups excluding carboxylic acids is 11. The maximum Gasteiger partial charge on any atom is 0.246 e. The highest BCUT2D eigenvalue weighted by Crippen LogP contribution is 2.26. The van der Waals surface area contributed by atoms with E-state index >= 15 is 28.8 Å². The number of likely N-dealkylation sites (N-methyl/N-ethyl adjacent to an activating group) is 7. The van der Waals surface area contributed by atoms with E-state index in [0.29, 0.717) is 19.6 Å². The molecule has 26 heteroatoms. The van der Waals surface area contributed by atoms with Crippen LogP contribution in [0.5, 0.6) is 0 Å². The summed E-state index contributed by atoms with van der Waals surface area (Å²) >= 11 is 0. The second-order valence-corrected chi connectivity index (χ2v) is 29.4. The second kappa shape index (κ2) is 39.4. The summed E-state index contributed by atoms with van der Waals surface area (Å²) in [5, 5.41) is 23.4. The molecule has 2 unspecified atom stereocenters. The van der Waals surface area contributed by atoms with Gasteiger partial charge in [0, 0.05) is 74.4 Å². The largest absolute Gasteiger partial charge is 0.390 e. The fourth-order valence-electron chi connectivity index (χ4n) is 12.6. The summed E-state index contributed by atoms with van der Waals surface area (Å²) in [4.78, 5) is 174. The molecule has 2 rings (SSSR count). The maximum absolute atomic E-state index is 15.3. The number of hydrogen-bond acceptors (Lipinski definition) is 15. The van der Waals surface area contributed by atoms with Crippen LogP contribution in [-0.2, 0) is 62.2 Å². The van der Waals surface area contributed by atoms with Crippen LogP contribution in [0.3, 0.4) is 0 Å². The Morgan fingerprint density at radius 3 is 1.50 bits per heavy atom. The lowest BCUT2D eigenvalue weighted by Gasteiger charge is -2.41. The molecule has 550 valence electrons. The van der Waals surface area contributed by atoms with Gasteiger partial charge in [-0.2, -0.15) is 0 Å². The van der Waals surface area contributed by atoms with Gasteiger partial charge in [0.15, 0.2) is 0 Å². The van der Waals surface area contributed by atoms with Crippen molar-refractivity contribution in [2.24, 2.45) is 41.4 Å². The zero-order valence-corrected chi connectivity index (χ0v) is 63.2. The van der Waals surface area contributed by atoms with Crippen molar-refractivity contribution in [3.63, 3.8) is 0 Å². The van der Waals surface area contributed by atoms with Crippen molar-refractivity contribution in [2.75, 3.05) is 82.2 Å². The third-order valence-electron chi connectivity index (χ3n) is 18.9. The Labute approximate surface area is 574 Å². The Morgan fingerprint density at radius 1 is 0.521 bits per heavy atom. The number of morpholine rings is 1. The highest BCUT2D eigenvalue weighted by molar-refractivity contribution is 6.00. The van der Waals surface area contributed by atoms with Crippen molar-refractivity contribution in [1.82, 2.24) is 60.5 Å². The molecule has 2 fully saturated rings. The zero-order chi connectivity index (χ0) is 73.8. The molecule has 0 saturated carbocycles. The van der Waals surface area contributed by atoms with Gasteiger partial charge in [0.2, 0.25) is 65.0 Å². The molecule has 96 heavy (non-hydrogen) atoms. The molecule has 2 saturated heterocycles. The first-order valence-electron chi connectivity index (χ1n) is 34.8. The summed E-state index contributed by atoms with van der Waals surface area (Å²) in [6, 6.07) is -13.9. The first-order valence-corrected chi connectivity index (χ1v) is 34.8. The number of rotatable bonds is 19. The minimum atomic E-state index is -1.64. The SMILES string of the molecule is C/C=C/C[C@@H](C)C(O)[C@H]1C(=O)N[C@@H](CC)C(=O)N(C)[C@H](C)C(=O)N(C)[C@@H]([C@H](C)COCC2CN(C(C)C)CCO2)C(=O)N[C@@H](C(C)C)C(=O)N(C)[C@@H](CC(C)C)C(=O)N[C@@H](C)C(=O)N[C@H](C)C(=O)N(C)[C@@H](CC(C)C)C(=O)N(C)[C@@H](CC(C)C)C(=O)N(C)[C@@H](C(C)C)C(=O)N1C. The summed E-state index contributed by atoms with van der Waals surface area (Å²) in [7, 11) is 9.92. The van der Waals surface area contributed by atoms with Crippen molar-refractivity contribution in [1.29, 1.82) is 0 Å². The van der Waals surface area contributed by atoms with E-state index in [1.54, 1.807) is 61.5 Å². The highest BCUT2D eigenvalue weighted by Gasteiger charge is 2.47. The number of hydrogen-bond donors (Lipinski definition) is 5. The number of aliphatic hydroxyl groups is 1. The summed E-state index contributed by atoms with van der Waals surface area (Å²) in [5.74, 6) is -10.8. The Kier molecular flexibility index (Phi) is 35.2. The molecule has 0 aromatic rings. The predicted octanol–water partition coefficient (Wildman–Crippen LogP) is 3.37. The number of allylic oxidation sites excluding steroid dienone is 2. The van der Waals surface area contributed by atoms with Gasteiger partial charge >= 0.3 is 0 Å². The van der Waals surface area contributed by atoms with E-state index in [0.717, 1.165) is 16.3 Å². The topological polar surface area (TPSA) is 300 Å². The summed E-state index contributed by atoms with van der Waals surface area (Å²) < 4.78 is 12.3. The fourth-order valence-corrected chi connectivity index (χ4v) is 12.6. The Morgan fingerprint density at radius 2 is 1.00 bits per heavy atom. The van der Waals surface area contributed by atoms with Crippen LogP contribution in [0, 0.1) is 41.4 Å². The third kappa shape index (κ3) is 23.5. The van der Waals surface area contributed by atoms with Gasteiger partial charge < -0.3 is 70.1 Å². The monoisotopic (exact) mass is 1360 g/mol. The number of amides is 11. The number of aliphatic hydroxyl groups excluding tert-OH is 1. The van der Waals surface area contributed by atoms with E-state index in [4.69, 9.17) is 9.47 Å². The maximum atomic E-state index is 15.3. The molecule has 26 nitrogen and oxygen atoms in total. The molecule has 5 N–H and O–H groups in total. The van der Waals surface area contributed by atoms with Gasteiger partial charge in [0.05, 0.1) is 32.0 Å². The fraction of sp³-hybridized carbons (Fsp3) is 0.814. The van der Waals surface area contributed by atoms with E-state index in [-0.39, 0.29) is 68.8 Å². The van der Waals surface area contributed by atoms with E-state index in [1.807, 2.05) is 47.6 Å². The Hall–Kier alpha value is -6.25. The molecule has 2 aliphatic heterocycles. The molecule has 0 spiro atoms. The predicted molar refractivity (Wildman–Crippen MR) is 370 cm³/mol. The van der Waals surface area contributed by atoms with Gasteiger partial charge in [-0.15, -0.1) is 0 Å². The van der Waals surface area contributed by atoms with E-state index < -0.39 is 161 Å². The van der Waals surface area contributed by atoms with Crippen molar-refractivity contribution >= 4 is 65.0 Å².